The quantitative estimate of drug-likeness (QED) is 0.713. The molecule has 2 aromatic carbocycles. The molecule has 1 aliphatic carbocycles. The van der Waals surface area contributed by atoms with E-state index in [1.165, 1.54) is 0 Å². The zero-order chi connectivity index (χ0) is 19.4. The van der Waals surface area contributed by atoms with Crippen LogP contribution in [0.4, 0.5) is 0 Å². The van der Waals surface area contributed by atoms with Crippen LogP contribution in [0, 0.1) is 0 Å². The van der Waals surface area contributed by atoms with Gasteiger partial charge in [-0.2, -0.15) is 0 Å². The summed E-state index contributed by atoms with van der Waals surface area (Å²) in [4.78, 5) is 24.2. The number of fused-ring (bicyclic) bond motifs is 4. The van der Waals surface area contributed by atoms with Gasteiger partial charge in [0.1, 0.15) is 0 Å². The molecule has 0 atom stereocenters. The number of rotatable bonds is 3. The molecule has 142 valence electrons. The maximum Gasteiger partial charge on any atom is 0.335 e. The van der Waals surface area contributed by atoms with Crippen LogP contribution in [0.3, 0.4) is 0 Å². The number of carboxylic acid groups (broad SMARTS) is 1. The largest absolute Gasteiger partial charge is 0.478 e. The number of aromatic carboxylic acids is 1. The maximum absolute atomic E-state index is 12.7. The smallest absolute Gasteiger partial charge is 0.335 e. The van der Waals surface area contributed by atoms with E-state index in [-0.39, 0.29) is 18.1 Å². The molecule has 2 aliphatic rings. The van der Waals surface area contributed by atoms with Crippen molar-refractivity contribution in [3.63, 3.8) is 0 Å². The van der Waals surface area contributed by atoms with Crippen molar-refractivity contribution in [1.29, 1.82) is 0 Å². The van der Waals surface area contributed by atoms with Crippen molar-refractivity contribution < 1.29 is 24.2 Å². The molecule has 7 heteroatoms. The second-order valence-corrected chi connectivity index (χ2v) is 7.43. The fourth-order valence-electron chi connectivity index (χ4n) is 4.09. The fourth-order valence-corrected chi connectivity index (χ4v) is 4.30. The summed E-state index contributed by atoms with van der Waals surface area (Å²) < 4.78 is 12.7. The molecule has 1 aliphatic heterocycles. The molecule has 0 radical (unpaired) electrons. The maximum atomic E-state index is 12.7. The zero-order valence-electron chi connectivity index (χ0n) is 14.8. The number of ether oxygens (including phenoxy) is 2. The molecule has 6 nitrogen and oxygen atoms in total. The van der Waals surface area contributed by atoms with E-state index in [0.29, 0.717) is 35.2 Å². The summed E-state index contributed by atoms with van der Waals surface area (Å²) in [5.41, 5.74) is 3.34. The van der Waals surface area contributed by atoms with Crippen LogP contribution in [0.5, 0.6) is 11.5 Å². The fraction of sp³-hybridized carbons (Fsp3) is 0.238. The third-order valence-corrected chi connectivity index (χ3v) is 5.73. The predicted molar refractivity (Wildman–Crippen MR) is 103 cm³/mol. The van der Waals surface area contributed by atoms with E-state index in [1.807, 2.05) is 10.6 Å². The van der Waals surface area contributed by atoms with Gasteiger partial charge in [0.05, 0.1) is 16.8 Å². The molecular formula is C21H16ClNO5. The Morgan fingerprint density at radius 2 is 1.93 bits per heavy atom. The number of ketones is 1. The van der Waals surface area contributed by atoms with Crippen LogP contribution in [0.1, 0.15) is 44.8 Å². The summed E-state index contributed by atoms with van der Waals surface area (Å²) in [6.45, 7) is 0.494. The third kappa shape index (κ3) is 2.56. The summed E-state index contributed by atoms with van der Waals surface area (Å²) in [5.74, 6) is 0.283. The summed E-state index contributed by atoms with van der Waals surface area (Å²) in [5, 5.41) is 10.8. The summed E-state index contributed by atoms with van der Waals surface area (Å²) >= 11 is 6.45. The number of aromatic nitrogens is 1. The average molecular weight is 398 g/mol. The highest BCUT2D eigenvalue weighted by Crippen LogP contribution is 2.39. The minimum Gasteiger partial charge on any atom is -0.478 e. The Morgan fingerprint density at radius 3 is 2.71 bits per heavy atom. The van der Waals surface area contributed by atoms with Crippen molar-refractivity contribution >= 4 is 34.3 Å². The molecule has 0 amide bonds. The molecule has 1 aromatic heterocycles. The highest BCUT2D eigenvalue weighted by molar-refractivity contribution is 6.31. The molecule has 2 heterocycles. The lowest BCUT2D eigenvalue weighted by atomic mass is 9.94. The zero-order valence-corrected chi connectivity index (χ0v) is 15.6. The van der Waals surface area contributed by atoms with Crippen molar-refractivity contribution in [2.75, 3.05) is 6.79 Å². The molecular weight excluding hydrogens is 382 g/mol. The van der Waals surface area contributed by atoms with Gasteiger partial charge < -0.3 is 19.1 Å². The molecule has 0 fully saturated rings. The van der Waals surface area contributed by atoms with E-state index in [4.69, 9.17) is 21.1 Å². The Hall–Kier alpha value is -2.99. The minimum atomic E-state index is -1.000. The lowest BCUT2D eigenvalue weighted by Crippen LogP contribution is -2.16. The number of aryl methyl sites for hydroxylation is 1. The van der Waals surface area contributed by atoms with Crippen molar-refractivity contribution in [3.8, 4) is 11.5 Å². The van der Waals surface area contributed by atoms with Crippen LogP contribution in [0.2, 0.25) is 5.02 Å². The van der Waals surface area contributed by atoms with Crippen molar-refractivity contribution in [2.24, 2.45) is 0 Å². The standard InChI is InChI=1S/C21H16ClNO5/c22-15-8-19-18(27-10-28-19)7-12(15)9-23-16-6-11(21(25)26)4-5-13(16)14-2-1-3-17(24)20(14)23/h4-8H,1-3,9-10H2,(H,25,26). The number of carbonyl (C=O) groups excluding carboxylic acids is 1. The van der Waals surface area contributed by atoms with Gasteiger partial charge >= 0.3 is 5.97 Å². The highest BCUT2D eigenvalue weighted by Gasteiger charge is 2.27. The van der Waals surface area contributed by atoms with Crippen LogP contribution in [-0.4, -0.2) is 28.2 Å². The van der Waals surface area contributed by atoms with Gasteiger partial charge in [-0.25, -0.2) is 4.79 Å². The van der Waals surface area contributed by atoms with Crippen molar-refractivity contribution in [1.82, 2.24) is 4.57 Å². The average Bonchev–Trinajstić information content (AvgIpc) is 3.25. The molecule has 0 bridgehead atoms. The number of carboxylic acids is 1. The molecule has 0 saturated heterocycles. The molecule has 5 rings (SSSR count). The number of hydrogen-bond donors (Lipinski definition) is 1. The van der Waals surface area contributed by atoms with Gasteiger partial charge in [-0.1, -0.05) is 17.7 Å². The number of halogens is 1. The summed E-state index contributed by atoms with van der Waals surface area (Å²) in [6, 6.07) is 8.54. The minimum absolute atomic E-state index is 0.0752. The first-order valence-corrected chi connectivity index (χ1v) is 9.40. The van der Waals surface area contributed by atoms with Gasteiger partial charge in [0.25, 0.3) is 0 Å². The Morgan fingerprint density at radius 1 is 1.14 bits per heavy atom. The summed E-state index contributed by atoms with van der Waals surface area (Å²) in [7, 11) is 0. The van der Waals surface area contributed by atoms with Gasteiger partial charge in [0.15, 0.2) is 17.3 Å². The normalized spacial score (nSPS) is 15.1. The van der Waals surface area contributed by atoms with Crippen LogP contribution >= 0.6 is 11.6 Å². The van der Waals surface area contributed by atoms with Gasteiger partial charge in [-0.05, 0) is 42.2 Å². The number of hydrogen-bond acceptors (Lipinski definition) is 4. The first kappa shape index (κ1) is 17.1. The lowest BCUT2D eigenvalue weighted by molar-refractivity contribution is 0.0696. The van der Waals surface area contributed by atoms with E-state index in [1.54, 1.807) is 24.3 Å². The summed E-state index contributed by atoms with van der Waals surface area (Å²) in [6.07, 6.45) is 2.09. The van der Waals surface area contributed by atoms with Gasteiger partial charge in [-0.15, -0.1) is 0 Å². The Balaban J connectivity index is 1.72. The predicted octanol–water partition coefficient (Wildman–Crippen LogP) is 4.29. The highest BCUT2D eigenvalue weighted by atomic mass is 35.5. The molecule has 0 unspecified atom stereocenters. The van der Waals surface area contributed by atoms with E-state index in [9.17, 15) is 14.7 Å². The van der Waals surface area contributed by atoms with E-state index >= 15 is 0 Å². The van der Waals surface area contributed by atoms with Crippen LogP contribution in [0.15, 0.2) is 30.3 Å². The number of benzene rings is 2. The van der Waals surface area contributed by atoms with E-state index < -0.39 is 5.97 Å². The second-order valence-electron chi connectivity index (χ2n) is 7.02. The molecule has 28 heavy (non-hydrogen) atoms. The molecule has 1 N–H and O–H groups in total. The number of carbonyl (C=O) groups is 2. The Bertz CT molecular complexity index is 1160. The van der Waals surface area contributed by atoms with Crippen molar-refractivity contribution in [3.05, 3.63) is 57.7 Å². The third-order valence-electron chi connectivity index (χ3n) is 5.38. The topological polar surface area (TPSA) is 77.8 Å². The van der Waals surface area contributed by atoms with Gasteiger partial charge in [0, 0.05) is 29.4 Å². The molecule has 3 aromatic rings. The van der Waals surface area contributed by atoms with Gasteiger partial charge in [-0.3, -0.25) is 4.79 Å². The van der Waals surface area contributed by atoms with Crippen molar-refractivity contribution in [2.45, 2.75) is 25.8 Å². The van der Waals surface area contributed by atoms with E-state index in [2.05, 4.69) is 0 Å². The van der Waals surface area contributed by atoms with Crippen LogP contribution in [-0.2, 0) is 13.0 Å². The van der Waals surface area contributed by atoms with Crippen LogP contribution < -0.4 is 9.47 Å². The first-order valence-electron chi connectivity index (χ1n) is 9.02. The first-order chi connectivity index (χ1) is 13.5. The molecule has 0 saturated carbocycles. The Labute approximate surface area is 165 Å². The lowest BCUT2D eigenvalue weighted by Gasteiger charge is -2.16. The monoisotopic (exact) mass is 397 g/mol. The number of Topliss-reactive ketones (excluding diaryl/α,β-unsaturated/α-hetero) is 1. The number of nitrogens with zero attached hydrogens (tertiary/aromatic N) is 1. The second kappa shape index (κ2) is 6.27. The SMILES string of the molecule is O=C(O)c1ccc2c3c(n(Cc4cc5c(cc4Cl)OCO5)c2c1)C(=O)CCC3. The molecule has 0 spiro atoms. The van der Waals surface area contributed by atoms with Crippen LogP contribution in [0.25, 0.3) is 10.9 Å². The van der Waals surface area contributed by atoms with E-state index in [0.717, 1.165) is 34.9 Å². The Kier molecular flexibility index (Phi) is 3.84. The van der Waals surface area contributed by atoms with Gasteiger partial charge in [0.2, 0.25) is 6.79 Å².